The third kappa shape index (κ3) is 1.41. The first-order chi connectivity index (χ1) is 3.71. The minimum Gasteiger partial charge on any atom is -0.189 e. The molecule has 1 aliphatic rings. The second kappa shape index (κ2) is 1.98. The summed E-state index contributed by atoms with van der Waals surface area (Å²) in [6.45, 7) is 0.904. The topological polar surface area (TPSA) is 67.4 Å². The van der Waals surface area contributed by atoms with Gasteiger partial charge in [0.15, 0.2) is 0 Å². The summed E-state index contributed by atoms with van der Waals surface area (Å²) in [5.41, 5.74) is 2.22. The summed E-state index contributed by atoms with van der Waals surface area (Å²) in [7, 11) is -3.44. The van der Waals surface area contributed by atoms with Crippen molar-refractivity contribution in [2.24, 2.45) is 0 Å². The van der Waals surface area contributed by atoms with Crippen LogP contribution in [0.4, 0.5) is 0 Å². The van der Waals surface area contributed by atoms with Crippen molar-refractivity contribution in [2.75, 3.05) is 13.1 Å². The number of hydrogen-bond acceptors (Lipinski definition) is 4. The van der Waals surface area contributed by atoms with Crippen molar-refractivity contribution in [1.82, 2.24) is 10.2 Å². The zero-order valence-electron chi connectivity index (χ0n) is 4.05. The molecule has 1 saturated heterocycles. The molecule has 2 N–H and O–H groups in total. The minimum absolute atomic E-state index is 0.391. The maximum absolute atomic E-state index is 10.3. The first kappa shape index (κ1) is 5.96. The molecule has 1 rings (SSSR count). The van der Waals surface area contributed by atoms with Gasteiger partial charge >= 0.3 is 10.3 Å². The van der Waals surface area contributed by atoms with Crippen molar-refractivity contribution in [3.8, 4) is 0 Å². The van der Waals surface area contributed by atoms with Crippen LogP contribution in [0.3, 0.4) is 0 Å². The van der Waals surface area contributed by atoms with Crippen molar-refractivity contribution >= 4 is 10.3 Å². The molecule has 0 amide bonds. The van der Waals surface area contributed by atoms with E-state index in [1.807, 2.05) is 0 Å². The van der Waals surface area contributed by atoms with Crippen LogP contribution in [-0.4, -0.2) is 21.5 Å². The molecule has 0 saturated carbocycles. The second-order valence-corrected chi connectivity index (χ2v) is 2.69. The van der Waals surface area contributed by atoms with Crippen LogP contribution < -0.4 is 10.2 Å². The summed E-state index contributed by atoms with van der Waals surface area (Å²) in [5.74, 6) is 0. The standard InChI is InChI=1S/C2H6N2O3S/c5-8(6)4-2-1-3-7-8/h3-4H,1-2H2. The van der Waals surface area contributed by atoms with E-state index in [0.29, 0.717) is 13.1 Å². The van der Waals surface area contributed by atoms with Gasteiger partial charge in [0.1, 0.15) is 0 Å². The summed E-state index contributed by atoms with van der Waals surface area (Å²) in [4.78, 5) is 0. The Morgan fingerprint density at radius 2 is 2.12 bits per heavy atom. The average molecular weight is 138 g/mol. The number of hydroxylamine groups is 1. The van der Waals surface area contributed by atoms with E-state index in [9.17, 15) is 8.42 Å². The van der Waals surface area contributed by atoms with E-state index < -0.39 is 10.3 Å². The molecule has 0 bridgehead atoms. The summed E-state index contributed by atoms with van der Waals surface area (Å²) in [6, 6.07) is 0. The van der Waals surface area contributed by atoms with E-state index in [1.165, 1.54) is 0 Å². The average Bonchev–Trinajstić information content (AvgIpc) is 1.65. The van der Waals surface area contributed by atoms with E-state index in [-0.39, 0.29) is 0 Å². The van der Waals surface area contributed by atoms with E-state index in [4.69, 9.17) is 0 Å². The molecule has 1 fully saturated rings. The highest BCUT2D eigenvalue weighted by atomic mass is 32.2. The van der Waals surface area contributed by atoms with Gasteiger partial charge in [0.2, 0.25) is 0 Å². The lowest BCUT2D eigenvalue weighted by molar-refractivity contribution is 0.184. The van der Waals surface area contributed by atoms with Crippen LogP contribution in [-0.2, 0) is 14.6 Å². The molecule has 0 unspecified atom stereocenters. The lowest BCUT2D eigenvalue weighted by atomic mass is 10.7. The highest BCUT2D eigenvalue weighted by molar-refractivity contribution is 7.84. The third-order valence-electron chi connectivity index (χ3n) is 0.675. The first-order valence-electron chi connectivity index (χ1n) is 2.12. The number of rotatable bonds is 0. The quantitative estimate of drug-likeness (QED) is 0.421. The van der Waals surface area contributed by atoms with Gasteiger partial charge in [-0.2, -0.15) is 22.9 Å². The van der Waals surface area contributed by atoms with Gasteiger partial charge in [-0.1, -0.05) is 0 Å². The van der Waals surface area contributed by atoms with Crippen LogP contribution in [0, 0.1) is 0 Å². The zero-order valence-corrected chi connectivity index (χ0v) is 4.86. The van der Waals surface area contributed by atoms with Crippen molar-refractivity contribution in [3.05, 3.63) is 0 Å². The van der Waals surface area contributed by atoms with Crippen LogP contribution in [0.1, 0.15) is 0 Å². The molecule has 48 valence electrons. The van der Waals surface area contributed by atoms with Gasteiger partial charge in [-0.05, 0) is 0 Å². The molecule has 0 aromatic rings. The highest BCUT2D eigenvalue weighted by Crippen LogP contribution is 1.85. The molecule has 0 aliphatic carbocycles. The monoisotopic (exact) mass is 138 g/mol. The Morgan fingerprint density at radius 3 is 2.38 bits per heavy atom. The van der Waals surface area contributed by atoms with Gasteiger partial charge in [0.25, 0.3) is 0 Å². The SMILES string of the molecule is O=S1(=O)NCCNO1. The molecule has 0 aromatic heterocycles. The zero-order chi connectivity index (χ0) is 6.04. The Hall–Kier alpha value is -0.170. The molecule has 6 heteroatoms. The second-order valence-electron chi connectivity index (χ2n) is 1.33. The van der Waals surface area contributed by atoms with Gasteiger partial charge < -0.3 is 0 Å². The largest absolute Gasteiger partial charge is 0.351 e. The number of hydrogen-bond donors (Lipinski definition) is 2. The predicted octanol–water partition coefficient (Wildman–Crippen LogP) is -1.64. The maximum atomic E-state index is 10.3. The van der Waals surface area contributed by atoms with Crippen LogP contribution >= 0.6 is 0 Å². The van der Waals surface area contributed by atoms with E-state index in [0.717, 1.165) is 0 Å². The van der Waals surface area contributed by atoms with Gasteiger partial charge in [0, 0.05) is 13.1 Å². The molecule has 0 aromatic carbocycles. The number of nitrogens with one attached hydrogen (secondary N) is 2. The normalized spacial score (nSPS) is 27.5. The van der Waals surface area contributed by atoms with Crippen molar-refractivity contribution in [2.45, 2.75) is 0 Å². The molecule has 8 heavy (non-hydrogen) atoms. The van der Waals surface area contributed by atoms with Gasteiger partial charge in [0.05, 0.1) is 0 Å². The van der Waals surface area contributed by atoms with Crippen LogP contribution in [0.5, 0.6) is 0 Å². The maximum Gasteiger partial charge on any atom is 0.351 e. The van der Waals surface area contributed by atoms with Gasteiger partial charge in [-0.25, -0.2) is 0 Å². The summed E-state index contributed by atoms with van der Waals surface area (Å²) >= 11 is 0. The summed E-state index contributed by atoms with van der Waals surface area (Å²) in [6.07, 6.45) is 0. The molecule has 5 nitrogen and oxygen atoms in total. The van der Waals surface area contributed by atoms with E-state index in [2.05, 4.69) is 14.5 Å². The van der Waals surface area contributed by atoms with Crippen molar-refractivity contribution in [3.63, 3.8) is 0 Å². The summed E-state index contributed by atoms with van der Waals surface area (Å²) in [5, 5.41) is 0. The molecular weight excluding hydrogens is 132 g/mol. The smallest absolute Gasteiger partial charge is 0.189 e. The van der Waals surface area contributed by atoms with Gasteiger partial charge in [-0.15, -0.1) is 0 Å². The lowest BCUT2D eigenvalue weighted by Gasteiger charge is -2.11. The Labute approximate surface area is 47.2 Å². The van der Waals surface area contributed by atoms with E-state index in [1.54, 1.807) is 0 Å². The van der Waals surface area contributed by atoms with Crippen LogP contribution in [0.15, 0.2) is 0 Å². The molecule has 0 radical (unpaired) electrons. The van der Waals surface area contributed by atoms with Crippen molar-refractivity contribution < 1.29 is 12.7 Å². The van der Waals surface area contributed by atoms with E-state index >= 15 is 0 Å². The van der Waals surface area contributed by atoms with Crippen molar-refractivity contribution in [1.29, 1.82) is 0 Å². The van der Waals surface area contributed by atoms with Crippen LogP contribution in [0.2, 0.25) is 0 Å². The third-order valence-corrected chi connectivity index (χ3v) is 1.57. The predicted molar refractivity (Wildman–Crippen MR) is 26.0 cm³/mol. The molecule has 0 spiro atoms. The fraction of sp³-hybridized carbons (Fsp3) is 1.00. The van der Waals surface area contributed by atoms with Gasteiger partial charge in [-0.3, -0.25) is 0 Å². The Bertz CT molecular complexity index is 150. The molecule has 1 aliphatic heterocycles. The Kier molecular flexibility index (Phi) is 1.47. The Balaban J connectivity index is 2.58. The minimum atomic E-state index is -3.44. The van der Waals surface area contributed by atoms with Crippen LogP contribution in [0.25, 0.3) is 0 Å². The Morgan fingerprint density at radius 1 is 1.38 bits per heavy atom. The summed E-state index contributed by atoms with van der Waals surface area (Å²) < 4.78 is 26.7. The first-order valence-corrected chi connectivity index (χ1v) is 3.52. The highest BCUT2D eigenvalue weighted by Gasteiger charge is 2.13. The lowest BCUT2D eigenvalue weighted by Crippen LogP contribution is -2.42. The molecule has 1 heterocycles. The fourth-order valence-electron chi connectivity index (χ4n) is 0.376. The molecular formula is C2H6N2O3S. The fourth-order valence-corrected chi connectivity index (χ4v) is 1.03. The molecule has 0 atom stereocenters.